The Balaban J connectivity index is 2.26. The molecule has 1 heterocycles. The molecule has 118 valence electrons. The number of carbonyl (C=O) groups excluding carboxylic acids is 1. The second-order valence-electron chi connectivity index (χ2n) is 5.82. The maximum atomic E-state index is 12.2. The van der Waals surface area contributed by atoms with Gasteiger partial charge >= 0.3 is 0 Å². The molecule has 0 bridgehead atoms. The number of aryl methyl sites for hydroxylation is 3. The summed E-state index contributed by atoms with van der Waals surface area (Å²) in [5.41, 5.74) is 4.57. The van der Waals surface area contributed by atoms with Gasteiger partial charge in [0.2, 0.25) is 0 Å². The highest BCUT2D eigenvalue weighted by Crippen LogP contribution is 2.16. The third-order valence-electron chi connectivity index (χ3n) is 3.51. The molecule has 22 heavy (non-hydrogen) atoms. The first-order chi connectivity index (χ1) is 10.4. The van der Waals surface area contributed by atoms with Crippen molar-refractivity contribution in [2.75, 3.05) is 6.61 Å². The molecule has 2 N–H and O–H groups in total. The number of hydrogen-bond acceptors (Lipinski definition) is 3. The summed E-state index contributed by atoms with van der Waals surface area (Å²) in [6.45, 7) is 7.93. The van der Waals surface area contributed by atoms with Crippen molar-refractivity contribution in [3.63, 3.8) is 0 Å². The van der Waals surface area contributed by atoms with E-state index in [0.29, 0.717) is 12.1 Å². The molecule has 1 unspecified atom stereocenters. The minimum absolute atomic E-state index is 0.0531. The Morgan fingerprint density at radius 1 is 1.23 bits per heavy atom. The summed E-state index contributed by atoms with van der Waals surface area (Å²) in [4.78, 5) is 12.2. The first kappa shape index (κ1) is 16.2. The molecule has 0 aliphatic rings. The van der Waals surface area contributed by atoms with E-state index in [1.165, 1.54) is 0 Å². The number of rotatable bonds is 5. The molecule has 0 radical (unpaired) electrons. The van der Waals surface area contributed by atoms with Gasteiger partial charge in [-0.3, -0.25) is 4.79 Å². The van der Waals surface area contributed by atoms with Gasteiger partial charge in [0.15, 0.2) is 5.69 Å². The Morgan fingerprint density at radius 3 is 2.45 bits per heavy atom. The van der Waals surface area contributed by atoms with E-state index < -0.39 is 0 Å². The molecule has 2 rings (SSSR count). The van der Waals surface area contributed by atoms with Gasteiger partial charge < -0.3 is 10.4 Å². The van der Waals surface area contributed by atoms with Crippen molar-refractivity contribution in [2.45, 2.75) is 40.2 Å². The van der Waals surface area contributed by atoms with Gasteiger partial charge in [0.05, 0.1) is 5.69 Å². The van der Waals surface area contributed by atoms with E-state index in [9.17, 15) is 4.79 Å². The molecule has 0 aliphatic carbocycles. The fourth-order valence-electron chi connectivity index (χ4n) is 2.48. The molecule has 0 spiro atoms. The van der Waals surface area contributed by atoms with Crippen LogP contribution >= 0.6 is 0 Å². The van der Waals surface area contributed by atoms with E-state index in [-0.39, 0.29) is 18.6 Å². The summed E-state index contributed by atoms with van der Waals surface area (Å²) >= 11 is 0. The number of amides is 1. The summed E-state index contributed by atoms with van der Waals surface area (Å²) in [6.07, 6.45) is 0.530. The number of nitrogens with one attached hydrogen (secondary N) is 1. The standard InChI is InChI=1S/C17H23N3O2/c1-11-7-12(2)9-15(8-11)20-14(4)10-16(19-20)17(22)18-13(3)5-6-21/h7-10,13,21H,5-6H2,1-4H3,(H,18,22). The Morgan fingerprint density at radius 2 is 1.86 bits per heavy atom. The lowest BCUT2D eigenvalue weighted by Gasteiger charge is -2.10. The van der Waals surface area contributed by atoms with Crippen molar-refractivity contribution in [2.24, 2.45) is 0 Å². The van der Waals surface area contributed by atoms with Crippen LogP contribution in [-0.4, -0.2) is 33.4 Å². The van der Waals surface area contributed by atoms with E-state index in [1.807, 2.05) is 39.8 Å². The Hall–Kier alpha value is -2.14. The summed E-state index contributed by atoms with van der Waals surface area (Å²) in [6, 6.07) is 7.89. The van der Waals surface area contributed by atoms with Crippen molar-refractivity contribution in [3.05, 3.63) is 46.8 Å². The smallest absolute Gasteiger partial charge is 0.272 e. The molecule has 5 heteroatoms. The Kier molecular flexibility index (Phi) is 4.98. The quantitative estimate of drug-likeness (QED) is 0.890. The van der Waals surface area contributed by atoms with Gasteiger partial charge in [0, 0.05) is 18.3 Å². The number of nitrogens with zero attached hydrogens (tertiary/aromatic N) is 2. The maximum absolute atomic E-state index is 12.2. The third kappa shape index (κ3) is 3.74. The van der Waals surface area contributed by atoms with Crippen LogP contribution in [0.25, 0.3) is 5.69 Å². The van der Waals surface area contributed by atoms with Crippen molar-refractivity contribution in [1.29, 1.82) is 0 Å². The second kappa shape index (κ2) is 6.75. The lowest BCUT2D eigenvalue weighted by atomic mass is 10.1. The van der Waals surface area contributed by atoms with Crippen molar-refractivity contribution in [3.8, 4) is 5.69 Å². The summed E-state index contributed by atoms with van der Waals surface area (Å²) in [7, 11) is 0. The van der Waals surface area contributed by atoms with Crippen LogP contribution in [0, 0.1) is 20.8 Å². The predicted octanol–water partition coefficient (Wildman–Crippen LogP) is 2.30. The number of benzene rings is 1. The molecule has 0 aliphatic heterocycles. The number of hydrogen-bond donors (Lipinski definition) is 2. The van der Waals surface area contributed by atoms with Crippen LogP contribution in [0.5, 0.6) is 0 Å². The molecule has 1 aromatic heterocycles. The zero-order chi connectivity index (χ0) is 16.3. The third-order valence-corrected chi connectivity index (χ3v) is 3.51. The minimum Gasteiger partial charge on any atom is -0.396 e. The first-order valence-electron chi connectivity index (χ1n) is 7.47. The number of aliphatic hydroxyl groups is 1. The molecule has 0 fully saturated rings. The van der Waals surface area contributed by atoms with Gasteiger partial charge in [-0.2, -0.15) is 5.10 Å². The second-order valence-corrected chi connectivity index (χ2v) is 5.82. The molecule has 0 saturated carbocycles. The van der Waals surface area contributed by atoms with Crippen LogP contribution < -0.4 is 5.32 Å². The van der Waals surface area contributed by atoms with Gasteiger partial charge in [-0.15, -0.1) is 0 Å². The van der Waals surface area contributed by atoms with Gasteiger partial charge in [0.1, 0.15) is 0 Å². The van der Waals surface area contributed by atoms with Crippen molar-refractivity contribution >= 4 is 5.91 Å². The topological polar surface area (TPSA) is 67.2 Å². The molecular formula is C17H23N3O2. The van der Waals surface area contributed by atoms with E-state index in [1.54, 1.807) is 10.7 Å². The average molecular weight is 301 g/mol. The summed E-state index contributed by atoms with van der Waals surface area (Å²) < 4.78 is 1.78. The van der Waals surface area contributed by atoms with Crippen molar-refractivity contribution < 1.29 is 9.90 Å². The van der Waals surface area contributed by atoms with Gasteiger partial charge in [-0.05, 0) is 63.4 Å². The van der Waals surface area contributed by atoms with Crippen LogP contribution in [0.3, 0.4) is 0 Å². The van der Waals surface area contributed by atoms with Crippen molar-refractivity contribution in [1.82, 2.24) is 15.1 Å². The van der Waals surface area contributed by atoms with Gasteiger partial charge in [0.25, 0.3) is 5.91 Å². The first-order valence-corrected chi connectivity index (χ1v) is 7.47. The molecule has 5 nitrogen and oxygen atoms in total. The highest BCUT2D eigenvalue weighted by molar-refractivity contribution is 5.92. The SMILES string of the molecule is Cc1cc(C)cc(-n2nc(C(=O)NC(C)CCO)cc2C)c1. The van der Waals surface area contributed by atoms with E-state index in [2.05, 4.69) is 16.5 Å². The highest BCUT2D eigenvalue weighted by atomic mass is 16.3. The lowest BCUT2D eigenvalue weighted by Crippen LogP contribution is -2.33. The number of aliphatic hydroxyl groups excluding tert-OH is 1. The fourth-order valence-corrected chi connectivity index (χ4v) is 2.48. The molecule has 0 saturated heterocycles. The van der Waals surface area contributed by atoms with E-state index in [4.69, 9.17) is 5.11 Å². The highest BCUT2D eigenvalue weighted by Gasteiger charge is 2.15. The Labute approximate surface area is 131 Å². The molecular weight excluding hydrogens is 278 g/mol. The van der Waals surface area contributed by atoms with Gasteiger partial charge in [-0.1, -0.05) is 6.07 Å². The summed E-state index contributed by atoms with van der Waals surface area (Å²) in [5, 5.41) is 16.2. The number of carbonyl (C=O) groups is 1. The molecule has 1 atom stereocenters. The molecule has 1 aromatic carbocycles. The van der Waals surface area contributed by atoms with Crippen LogP contribution in [0.2, 0.25) is 0 Å². The number of aromatic nitrogens is 2. The monoisotopic (exact) mass is 301 g/mol. The van der Waals surface area contributed by atoms with Crippen LogP contribution in [0.4, 0.5) is 0 Å². The summed E-state index contributed by atoms with van der Waals surface area (Å²) in [5.74, 6) is -0.216. The zero-order valence-corrected chi connectivity index (χ0v) is 13.6. The van der Waals surface area contributed by atoms with Crippen LogP contribution in [-0.2, 0) is 0 Å². The molecule has 1 amide bonds. The van der Waals surface area contributed by atoms with E-state index >= 15 is 0 Å². The normalized spacial score (nSPS) is 12.2. The lowest BCUT2D eigenvalue weighted by molar-refractivity contribution is 0.0929. The van der Waals surface area contributed by atoms with Gasteiger partial charge in [-0.25, -0.2) is 4.68 Å². The largest absolute Gasteiger partial charge is 0.396 e. The Bertz CT molecular complexity index is 656. The van der Waals surface area contributed by atoms with Crippen LogP contribution in [0.15, 0.2) is 24.3 Å². The predicted molar refractivity (Wildman–Crippen MR) is 86.4 cm³/mol. The maximum Gasteiger partial charge on any atom is 0.272 e. The minimum atomic E-state index is -0.216. The average Bonchev–Trinajstić information content (AvgIpc) is 2.80. The van der Waals surface area contributed by atoms with Crippen LogP contribution in [0.1, 0.15) is 40.7 Å². The molecule has 2 aromatic rings. The fraction of sp³-hybridized carbons (Fsp3) is 0.412. The van der Waals surface area contributed by atoms with E-state index in [0.717, 1.165) is 22.5 Å². The zero-order valence-electron chi connectivity index (χ0n) is 13.6.